The summed E-state index contributed by atoms with van der Waals surface area (Å²) in [6, 6.07) is 16.5. The summed E-state index contributed by atoms with van der Waals surface area (Å²) in [5.41, 5.74) is 3.06. The molecule has 36 heavy (non-hydrogen) atoms. The molecule has 2 N–H and O–H groups in total. The topological polar surface area (TPSA) is 97.9 Å². The second-order valence-electron chi connectivity index (χ2n) is 7.77. The van der Waals surface area contributed by atoms with Gasteiger partial charge in [0.25, 0.3) is 5.89 Å². The zero-order valence-electron chi connectivity index (χ0n) is 18.5. The van der Waals surface area contributed by atoms with Crippen LogP contribution in [0.4, 0.5) is 25.0 Å². The van der Waals surface area contributed by atoms with Crippen LogP contribution in [-0.2, 0) is 6.54 Å². The van der Waals surface area contributed by atoms with Crippen LogP contribution in [0.3, 0.4) is 0 Å². The van der Waals surface area contributed by atoms with Crippen LogP contribution in [0.15, 0.2) is 83.8 Å². The molecule has 0 saturated heterocycles. The molecule has 0 bridgehead atoms. The number of carbonyl (C=O) groups excluding carboxylic acids is 1. The zero-order chi connectivity index (χ0) is 25.1. The summed E-state index contributed by atoms with van der Waals surface area (Å²) >= 11 is 5.73. The van der Waals surface area contributed by atoms with Crippen molar-refractivity contribution in [2.24, 2.45) is 0 Å². The van der Waals surface area contributed by atoms with Crippen LogP contribution in [0.1, 0.15) is 5.56 Å². The summed E-state index contributed by atoms with van der Waals surface area (Å²) < 4.78 is 33.5. The molecule has 0 radical (unpaired) electrons. The minimum atomic E-state index is -0.560. The second-order valence-corrected chi connectivity index (χ2v) is 8.17. The molecule has 180 valence electrons. The highest BCUT2D eigenvalue weighted by Crippen LogP contribution is 2.22. The fraction of sp³-hybridized carbons (Fsp3) is 0.0400. The fourth-order valence-corrected chi connectivity index (χ4v) is 3.55. The molecule has 3 aromatic carbocycles. The van der Waals surface area contributed by atoms with E-state index in [2.05, 4.69) is 25.8 Å². The Hall–Kier alpha value is -4.57. The first-order chi connectivity index (χ1) is 17.4. The van der Waals surface area contributed by atoms with E-state index in [1.807, 2.05) is 16.7 Å². The van der Waals surface area contributed by atoms with Gasteiger partial charge in [0.2, 0.25) is 5.82 Å². The highest BCUT2D eigenvalue weighted by atomic mass is 35.5. The first-order valence-corrected chi connectivity index (χ1v) is 11.0. The number of hydrogen-bond acceptors (Lipinski definition) is 5. The Morgan fingerprint density at radius 2 is 1.69 bits per heavy atom. The summed E-state index contributed by atoms with van der Waals surface area (Å²) in [6.45, 7) is 0.520. The summed E-state index contributed by atoms with van der Waals surface area (Å²) in [7, 11) is 0. The lowest BCUT2D eigenvalue weighted by Gasteiger charge is -2.09. The van der Waals surface area contributed by atoms with Crippen molar-refractivity contribution in [3.63, 3.8) is 0 Å². The van der Waals surface area contributed by atoms with Crippen molar-refractivity contribution in [3.8, 4) is 23.0 Å². The first-order valence-electron chi connectivity index (χ1n) is 10.7. The Kier molecular flexibility index (Phi) is 6.42. The first kappa shape index (κ1) is 23.2. The van der Waals surface area contributed by atoms with E-state index in [1.165, 1.54) is 30.3 Å². The molecule has 0 spiro atoms. The van der Waals surface area contributed by atoms with Gasteiger partial charge in [-0.15, -0.1) is 0 Å². The summed E-state index contributed by atoms with van der Waals surface area (Å²) in [5.74, 6) is -0.311. The summed E-state index contributed by atoms with van der Waals surface area (Å²) in [5, 5.41) is 9.16. The van der Waals surface area contributed by atoms with Crippen molar-refractivity contribution in [3.05, 3.63) is 101 Å². The van der Waals surface area contributed by atoms with Crippen molar-refractivity contribution in [2.75, 3.05) is 10.6 Å². The number of aromatic nitrogens is 4. The van der Waals surface area contributed by atoms with Crippen LogP contribution in [0, 0.1) is 11.6 Å². The maximum Gasteiger partial charge on any atom is 0.323 e. The Balaban J connectivity index is 1.19. The number of urea groups is 1. The summed E-state index contributed by atoms with van der Waals surface area (Å²) in [6.07, 6.45) is 3.42. The minimum Gasteiger partial charge on any atom is -0.332 e. The fourth-order valence-electron chi connectivity index (χ4n) is 3.37. The lowest BCUT2D eigenvalue weighted by atomic mass is 10.2. The molecule has 5 aromatic rings. The number of imidazole rings is 1. The van der Waals surface area contributed by atoms with Crippen LogP contribution >= 0.6 is 11.6 Å². The Bertz CT molecular complexity index is 1520. The monoisotopic (exact) mass is 506 g/mol. The number of nitrogens with one attached hydrogen (secondary N) is 2. The average molecular weight is 507 g/mol. The van der Waals surface area contributed by atoms with E-state index in [0.29, 0.717) is 35.0 Å². The number of benzene rings is 3. The third-order valence-electron chi connectivity index (χ3n) is 5.14. The third kappa shape index (κ3) is 5.39. The lowest BCUT2D eigenvalue weighted by molar-refractivity contribution is 0.262. The Morgan fingerprint density at radius 3 is 2.44 bits per heavy atom. The van der Waals surface area contributed by atoms with E-state index >= 15 is 0 Å². The molecule has 0 unspecified atom stereocenters. The SMILES string of the molecule is O=C(Nc1ccc(Cn2cnc(-c3nc(-c4ccc(F)cc4)no3)c2)cc1)Nc1ccc(F)c(Cl)c1. The van der Waals surface area contributed by atoms with Crippen molar-refractivity contribution in [2.45, 2.75) is 6.54 Å². The van der Waals surface area contributed by atoms with Gasteiger partial charge in [0.1, 0.15) is 17.3 Å². The van der Waals surface area contributed by atoms with Crippen LogP contribution in [0.2, 0.25) is 5.02 Å². The molecule has 0 aliphatic carbocycles. The molecule has 0 aliphatic heterocycles. The molecule has 2 heterocycles. The molecular formula is C25H17ClF2N6O2. The van der Waals surface area contributed by atoms with Crippen LogP contribution < -0.4 is 10.6 Å². The normalized spacial score (nSPS) is 10.9. The number of amides is 2. The molecule has 11 heteroatoms. The molecule has 2 amide bonds. The van der Waals surface area contributed by atoms with Gasteiger partial charge in [-0.25, -0.2) is 18.6 Å². The molecule has 0 saturated carbocycles. The van der Waals surface area contributed by atoms with E-state index in [1.54, 1.807) is 36.8 Å². The van der Waals surface area contributed by atoms with Gasteiger partial charge in [0.05, 0.1) is 11.3 Å². The number of anilines is 2. The van der Waals surface area contributed by atoms with Gasteiger partial charge in [-0.1, -0.05) is 28.9 Å². The number of nitrogens with zero attached hydrogens (tertiary/aromatic N) is 4. The van der Waals surface area contributed by atoms with Crippen molar-refractivity contribution < 1.29 is 18.1 Å². The van der Waals surface area contributed by atoms with E-state index in [4.69, 9.17) is 16.1 Å². The number of hydrogen-bond donors (Lipinski definition) is 2. The van der Waals surface area contributed by atoms with Gasteiger partial charge >= 0.3 is 6.03 Å². The maximum absolute atomic E-state index is 13.3. The van der Waals surface area contributed by atoms with E-state index in [0.717, 1.165) is 5.56 Å². The molecule has 8 nitrogen and oxygen atoms in total. The number of carbonyl (C=O) groups is 1. The van der Waals surface area contributed by atoms with E-state index in [9.17, 15) is 13.6 Å². The van der Waals surface area contributed by atoms with Crippen LogP contribution in [-0.4, -0.2) is 25.7 Å². The van der Waals surface area contributed by atoms with Crippen molar-refractivity contribution >= 4 is 29.0 Å². The zero-order valence-corrected chi connectivity index (χ0v) is 19.2. The minimum absolute atomic E-state index is 0.0766. The van der Waals surface area contributed by atoms with Crippen molar-refractivity contribution in [1.82, 2.24) is 19.7 Å². The lowest BCUT2D eigenvalue weighted by Crippen LogP contribution is -2.19. The predicted octanol–water partition coefficient (Wildman–Crippen LogP) is 6.22. The standard InChI is InChI=1S/C25H17ClF2N6O2/c26-20-11-19(9-10-21(20)28)31-25(35)30-18-7-1-15(2-8-18)12-34-13-22(29-14-34)24-32-23(33-36-24)16-3-5-17(27)6-4-16/h1-11,13-14H,12H2,(H2,30,31,35). The van der Waals surface area contributed by atoms with Crippen molar-refractivity contribution in [1.29, 1.82) is 0 Å². The van der Waals surface area contributed by atoms with E-state index in [-0.39, 0.29) is 16.7 Å². The predicted molar refractivity (Wildman–Crippen MR) is 131 cm³/mol. The maximum atomic E-state index is 13.3. The highest BCUT2D eigenvalue weighted by Gasteiger charge is 2.13. The quantitative estimate of drug-likeness (QED) is 0.285. The number of rotatable bonds is 6. The Morgan fingerprint density at radius 1 is 0.972 bits per heavy atom. The van der Waals surface area contributed by atoms with Crippen LogP contribution in [0.5, 0.6) is 0 Å². The van der Waals surface area contributed by atoms with Gasteiger partial charge in [-0.2, -0.15) is 4.98 Å². The van der Waals surface area contributed by atoms with Gasteiger partial charge in [0.15, 0.2) is 0 Å². The molecule has 5 rings (SSSR count). The van der Waals surface area contributed by atoms with Gasteiger partial charge in [0, 0.05) is 29.7 Å². The van der Waals surface area contributed by atoms with Gasteiger partial charge in [-0.3, -0.25) is 0 Å². The van der Waals surface area contributed by atoms with Crippen LogP contribution in [0.25, 0.3) is 23.0 Å². The molecule has 0 fully saturated rings. The molecule has 0 aliphatic rings. The smallest absolute Gasteiger partial charge is 0.323 e. The molecule has 2 aromatic heterocycles. The molecule has 0 atom stereocenters. The Labute approximate surface area is 208 Å². The average Bonchev–Trinajstić information content (AvgIpc) is 3.53. The van der Waals surface area contributed by atoms with E-state index < -0.39 is 11.8 Å². The number of halogens is 3. The largest absolute Gasteiger partial charge is 0.332 e. The third-order valence-corrected chi connectivity index (χ3v) is 5.42. The summed E-state index contributed by atoms with van der Waals surface area (Å²) in [4.78, 5) is 20.8. The van der Waals surface area contributed by atoms with Gasteiger partial charge < -0.3 is 19.7 Å². The second kappa shape index (κ2) is 9.96. The highest BCUT2D eigenvalue weighted by molar-refractivity contribution is 6.31. The molecular weight excluding hydrogens is 490 g/mol. The van der Waals surface area contributed by atoms with Gasteiger partial charge in [-0.05, 0) is 60.2 Å².